The van der Waals surface area contributed by atoms with Crippen LogP contribution in [0.15, 0.2) is 24.5 Å². The van der Waals surface area contributed by atoms with Crippen LogP contribution < -0.4 is 10.1 Å². The van der Waals surface area contributed by atoms with Crippen LogP contribution in [0.2, 0.25) is 0 Å². The van der Waals surface area contributed by atoms with Crippen molar-refractivity contribution in [3.8, 4) is 11.9 Å². The van der Waals surface area contributed by atoms with E-state index in [1.807, 2.05) is 0 Å². The van der Waals surface area contributed by atoms with Crippen LogP contribution in [0.25, 0.3) is 11.2 Å². The molecule has 2 aromatic rings. The monoisotopic (exact) mass is 450 g/mol. The number of nitrogens with one attached hydrogen (secondary N) is 2. The van der Waals surface area contributed by atoms with Crippen molar-refractivity contribution in [2.75, 3.05) is 13.1 Å². The van der Waals surface area contributed by atoms with Crippen LogP contribution in [0.1, 0.15) is 62.2 Å². The number of carbonyl (C=O) groups excluding carboxylic acids is 2. The number of carbonyl (C=O) groups is 2. The topological polar surface area (TPSA) is 124 Å². The van der Waals surface area contributed by atoms with E-state index in [1.54, 1.807) is 24.2 Å². The third-order valence-corrected chi connectivity index (χ3v) is 6.45. The molecule has 3 heterocycles. The molecule has 1 aliphatic heterocycles. The van der Waals surface area contributed by atoms with Crippen molar-refractivity contribution < 1.29 is 14.3 Å². The van der Waals surface area contributed by atoms with Crippen molar-refractivity contribution in [1.82, 2.24) is 25.2 Å². The van der Waals surface area contributed by atoms with Gasteiger partial charge in [0.15, 0.2) is 5.65 Å². The minimum absolute atomic E-state index is 0.0262. The van der Waals surface area contributed by atoms with Gasteiger partial charge in [-0.05, 0) is 51.0 Å². The van der Waals surface area contributed by atoms with Crippen molar-refractivity contribution in [3.63, 3.8) is 0 Å². The molecule has 2 N–H and O–H groups in total. The number of piperidine rings is 1. The highest BCUT2D eigenvalue weighted by molar-refractivity contribution is 6.06. The second kappa shape index (κ2) is 10.0. The van der Waals surface area contributed by atoms with E-state index in [0.717, 1.165) is 25.7 Å². The van der Waals surface area contributed by atoms with Crippen LogP contribution in [0, 0.1) is 17.2 Å². The Hall–Kier alpha value is -3.41. The second-order valence-electron chi connectivity index (χ2n) is 8.97. The highest BCUT2D eigenvalue weighted by atomic mass is 16.5. The smallest absolute Gasteiger partial charge is 0.256 e. The number of aromatic amines is 1. The molecule has 0 aromatic carbocycles. The van der Waals surface area contributed by atoms with E-state index in [0.29, 0.717) is 54.1 Å². The molecular formula is C24H30N6O3. The molecule has 2 amide bonds. The number of aromatic nitrogens is 3. The third kappa shape index (κ3) is 5.16. The molecule has 9 nitrogen and oxygen atoms in total. The molecule has 1 atom stereocenters. The lowest BCUT2D eigenvalue weighted by molar-refractivity contribution is -0.133. The van der Waals surface area contributed by atoms with E-state index in [1.165, 1.54) is 6.42 Å². The van der Waals surface area contributed by atoms with Crippen molar-refractivity contribution in [3.05, 3.63) is 30.1 Å². The SMILES string of the molecule is C=C(C)[C@@H](NC(=O)c1c[nH]c2ncc(OC3CCCCC3)nc12)C(=O)N1CCC(C#N)CC1. The van der Waals surface area contributed by atoms with E-state index in [4.69, 9.17) is 10.00 Å². The largest absolute Gasteiger partial charge is 0.473 e. The summed E-state index contributed by atoms with van der Waals surface area (Å²) < 4.78 is 6.01. The van der Waals surface area contributed by atoms with E-state index in [9.17, 15) is 9.59 Å². The Bertz CT molecular complexity index is 1070. The number of nitrogens with zero attached hydrogens (tertiary/aromatic N) is 4. The Morgan fingerprint density at radius 2 is 2.00 bits per heavy atom. The number of rotatable bonds is 6. The maximum absolute atomic E-state index is 13.1. The minimum atomic E-state index is -0.851. The van der Waals surface area contributed by atoms with Crippen LogP contribution in [-0.4, -0.2) is 56.9 Å². The quantitative estimate of drug-likeness (QED) is 0.652. The Morgan fingerprint density at radius 1 is 1.27 bits per heavy atom. The zero-order valence-corrected chi connectivity index (χ0v) is 19.0. The number of fused-ring (bicyclic) bond motifs is 1. The number of ether oxygens (including phenoxy) is 1. The van der Waals surface area contributed by atoms with Gasteiger partial charge >= 0.3 is 0 Å². The zero-order valence-electron chi connectivity index (χ0n) is 19.0. The summed E-state index contributed by atoms with van der Waals surface area (Å²) in [5, 5.41) is 11.9. The number of amides is 2. The summed E-state index contributed by atoms with van der Waals surface area (Å²) in [5.41, 5.74) is 1.73. The van der Waals surface area contributed by atoms with Crippen LogP contribution in [-0.2, 0) is 4.79 Å². The van der Waals surface area contributed by atoms with Crippen molar-refractivity contribution in [1.29, 1.82) is 5.26 Å². The van der Waals surface area contributed by atoms with Crippen LogP contribution >= 0.6 is 0 Å². The summed E-state index contributed by atoms with van der Waals surface area (Å²) in [6.07, 6.45) is 10.0. The molecule has 1 saturated carbocycles. The summed E-state index contributed by atoms with van der Waals surface area (Å²) in [6, 6.07) is 1.41. The lowest BCUT2D eigenvalue weighted by Gasteiger charge is -2.32. The normalized spacial score (nSPS) is 18.5. The number of hydrogen-bond donors (Lipinski definition) is 2. The van der Waals surface area contributed by atoms with Gasteiger partial charge in [0.1, 0.15) is 17.7 Å². The van der Waals surface area contributed by atoms with Gasteiger partial charge < -0.3 is 19.9 Å². The molecule has 2 fully saturated rings. The summed E-state index contributed by atoms with van der Waals surface area (Å²) >= 11 is 0. The van der Waals surface area contributed by atoms with Crippen molar-refractivity contribution in [2.24, 2.45) is 5.92 Å². The molecular weight excluding hydrogens is 420 g/mol. The maximum Gasteiger partial charge on any atom is 0.256 e. The first kappa shape index (κ1) is 22.8. The summed E-state index contributed by atoms with van der Waals surface area (Å²) in [4.78, 5) is 39.8. The Labute approximate surface area is 193 Å². The van der Waals surface area contributed by atoms with Crippen LogP contribution in [0.3, 0.4) is 0 Å². The predicted octanol–water partition coefficient (Wildman–Crippen LogP) is 3.11. The van der Waals surface area contributed by atoms with Gasteiger partial charge in [0.05, 0.1) is 17.8 Å². The van der Waals surface area contributed by atoms with Gasteiger partial charge in [-0.3, -0.25) is 9.59 Å². The van der Waals surface area contributed by atoms with Gasteiger partial charge in [-0.15, -0.1) is 0 Å². The molecule has 33 heavy (non-hydrogen) atoms. The summed E-state index contributed by atoms with van der Waals surface area (Å²) in [7, 11) is 0. The van der Waals surface area contributed by atoms with E-state index >= 15 is 0 Å². The molecule has 4 rings (SSSR count). The molecule has 2 aliphatic rings. The predicted molar refractivity (Wildman–Crippen MR) is 122 cm³/mol. The fourth-order valence-corrected chi connectivity index (χ4v) is 4.47. The second-order valence-corrected chi connectivity index (χ2v) is 8.97. The molecule has 0 spiro atoms. The molecule has 1 aliphatic carbocycles. The molecule has 174 valence electrons. The van der Waals surface area contributed by atoms with E-state index in [2.05, 4.69) is 32.9 Å². The fraction of sp³-hybridized carbons (Fsp3) is 0.542. The van der Waals surface area contributed by atoms with E-state index < -0.39 is 11.9 Å². The first-order chi connectivity index (χ1) is 16.0. The summed E-state index contributed by atoms with van der Waals surface area (Å²) in [5.74, 6) is -0.268. The molecule has 9 heteroatoms. The zero-order chi connectivity index (χ0) is 23.4. The number of likely N-dealkylation sites (tertiary alicyclic amines) is 1. The first-order valence-corrected chi connectivity index (χ1v) is 11.6. The average Bonchev–Trinajstić information content (AvgIpc) is 3.26. The lowest BCUT2D eigenvalue weighted by atomic mass is 9.97. The molecule has 0 unspecified atom stereocenters. The van der Waals surface area contributed by atoms with Crippen LogP contribution in [0.5, 0.6) is 5.88 Å². The highest BCUT2D eigenvalue weighted by Crippen LogP contribution is 2.24. The fourth-order valence-electron chi connectivity index (χ4n) is 4.47. The van der Waals surface area contributed by atoms with E-state index in [-0.39, 0.29) is 17.9 Å². The van der Waals surface area contributed by atoms with Gasteiger partial charge in [0, 0.05) is 25.2 Å². The Morgan fingerprint density at radius 3 is 2.67 bits per heavy atom. The summed E-state index contributed by atoms with van der Waals surface area (Å²) in [6.45, 7) is 6.62. The standard InChI is InChI=1S/C24H30N6O3/c1-15(2)20(24(32)30-10-8-16(12-25)9-11-30)29-23(31)18-13-26-22-21(18)28-19(14-27-22)33-17-6-4-3-5-7-17/h13-14,16-17,20H,1,3-11H2,2H3,(H,26,27)(H,29,31)/t20-/m1/s1. The number of H-pyrrole nitrogens is 1. The third-order valence-electron chi connectivity index (χ3n) is 6.45. The molecule has 2 aromatic heterocycles. The van der Waals surface area contributed by atoms with Crippen molar-refractivity contribution >= 4 is 23.0 Å². The number of hydrogen-bond acceptors (Lipinski definition) is 6. The molecule has 0 radical (unpaired) electrons. The van der Waals surface area contributed by atoms with Gasteiger partial charge in [-0.2, -0.15) is 5.26 Å². The molecule has 1 saturated heterocycles. The van der Waals surface area contributed by atoms with Crippen LogP contribution in [0.4, 0.5) is 0 Å². The molecule has 0 bridgehead atoms. The minimum Gasteiger partial charge on any atom is -0.473 e. The van der Waals surface area contributed by atoms with Gasteiger partial charge in [-0.25, -0.2) is 9.97 Å². The Kier molecular flexibility index (Phi) is 6.92. The van der Waals surface area contributed by atoms with Gasteiger partial charge in [-0.1, -0.05) is 13.0 Å². The maximum atomic E-state index is 13.1. The highest BCUT2D eigenvalue weighted by Gasteiger charge is 2.31. The lowest BCUT2D eigenvalue weighted by Crippen LogP contribution is -2.51. The van der Waals surface area contributed by atoms with Gasteiger partial charge in [0.2, 0.25) is 11.8 Å². The number of nitriles is 1. The van der Waals surface area contributed by atoms with Crippen molar-refractivity contribution in [2.45, 2.75) is 64.0 Å². The Balaban J connectivity index is 1.48. The first-order valence-electron chi connectivity index (χ1n) is 11.6. The van der Waals surface area contributed by atoms with Gasteiger partial charge in [0.25, 0.3) is 5.91 Å². The average molecular weight is 451 g/mol.